The number of fused-ring (bicyclic) bond motifs is 4. The van der Waals surface area contributed by atoms with Gasteiger partial charge in [0.1, 0.15) is 11.5 Å². The van der Waals surface area contributed by atoms with Gasteiger partial charge in [0.2, 0.25) is 0 Å². The summed E-state index contributed by atoms with van der Waals surface area (Å²) in [6, 6.07) is 13.2. The highest BCUT2D eigenvalue weighted by molar-refractivity contribution is 5.62. The van der Waals surface area contributed by atoms with Crippen molar-refractivity contribution in [3.8, 4) is 23.5 Å². The number of ether oxygens (including phenoxy) is 2. The molecule has 0 radical (unpaired) electrons. The third-order valence-corrected chi connectivity index (χ3v) is 7.67. The van der Waals surface area contributed by atoms with E-state index in [-0.39, 0.29) is 28.3 Å². The van der Waals surface area contributed by atoms with Gasteiger partial charge in [-0.1, -0.05) is 39.8 Å². The molecule has 8 nitrogen and oxygen atoms in total. The van der Waals surface area contributed by atoms with Crippen molar-refractivity contribution in [1.29, 1.82) is 0 Å². The molecule has 2 aliphatic carbocycles. The summed E-state index contributed by atoms with van der Waals surface area (Å²) in [5.41, 5.74) is 17.4. The average molecular weight is 495 g/mol. The first-order chi connectivity index (χ1) is 17.6. The first-order valence-corrected chi connectivity index (χ1v) is 12.4. The fraction of sp³-hybridized carbons (Fsp3) is 0.310. The van der Waals surface area contributed by atoms with Gasteiger partial charge in [0.15, 0.2) is 0 Å². The van der Waals surface area contributed by atoms with Gasteiger partial charge in [-0.15, -0.1) is 0 Å². The predicted octanol–water partition coefficient (Wildman–Crippen LogP) is 5.66. The lowest BCUT2D eigenvalue weighted by molar-refractivity contribution is 0.348. The Labute approximate surface area is 216 Å². The summed E-state index contributed by atoms with van der Waals surface area (Å²) in [6.45, 7) is 9.27. The van der Waals surface area contributed by atoms with Crippen LogP contribution in [-0.4, -0.2) is 19.9 Å². The Morgan fingerprint density at radius 1 is 0.595 bits per heavy atom. The maximum atomic E-state index is 6.05. The van der Waals surface area contributed by atoms with Gasteiger partial charge in [0.05, 0.1) is 36.2 Å². The molecular weight excluding hydrogens is 464 g/mol. The topological polar surface area (TPSA) is 122 Å². The van der Waals surface area contributed by atoms with Gasteiger partial charge >= 0.3 is 12.0 Å². The first kappa shape index (κ1) is 23.2. The molecule has 2 aromatic carbocycles. The van der Waals surface area contributed by atoms with Gasteiger partial charge in [-0.05, 0) is 70.2 Å². The smallest absolute Gasteiger partial charge is 0.322 e. The van der Waals surface area contributed by atoms with Gasteiger partial charge < -0.3 is 20.9 Å². The van der Waals surface area contributed by atoms with Crippen molar-refractivity contribution in [3.05, 3.63) is 83.4 Å². The van der Waals surface area contributed by atoms with Crippen LogP contribution >= 0.6 is 0 Å². The molecule has 6 rings (SSSR count). The summed E-state index contributed by atoms with van der Waals surface area (Å²) in [7, 11) is 0. The van der Waals surface area contributed by atoms with E-state index in [1.54, 1.807) is 24.8 Å². The van der Waals surface area contributed by atoms with E-state index in [1.807, 2.05) is 12.1 Å². The molecule has 0 atom stereocenters. The summed E-state index contributed by atoms with van der Waals surface area (Å²) in [5, 5.41) is 0. The van der Waals surface area contributed by atoms with Crippen molar-refractivity contribution < 1.29 is 9.47 Å². The quantitative estimate of drug-likeness (QED) is 0.372. The van der Waals surface area contributed by atoms with E-state index >= 15 is 0 Å². The number of nitrogens with zero attached hydrogens (tertiary/aromatic N) is 4. The molecule has 37 heavy (non-hydrogen) atoms. The second-order valence-electron chi connectivity index (χ2n) is 11.4. The van der Waals surface area contributed by atoms with E-state index in [0.717, 1.165) is 12.8 Å². The minimum atomic E-state index is -0.194. The van der Waals surface area contributed by atoms with E-state index in [9.17, 15) is 0 Å². The Bertz CT molecular complexity index is 1380. The van der Waals surface area contributed by atoms with E-state index in [0.29, 0.717) is 22.9 Å². The third kappa shape index (κ3) is 3.84. The minimum Gasteiger partial charge on any atom is -0.424 e. The largest absolute Gasteiger partial charge is 0.424 e. The van der Waals surface area contributed by atoms with E-state index < -0.39 is 0 Å². The lowest BCUT2D eigenvalue weighted by atomic mass is 9.72. The van der Waals surface area contributed by atoms with Crippen LogP contribution in [0.1, 0.15) is 62.8 Å². The number of anilines is 2. The van der Waals surface area contributed by atoms with Crippen LogP contribution in [-0.2, 0) is 16.2 Å². The normalized spacial score (nSPS) is 17.8. The van der Waals surface area contributed by atoms with Crippen LogP contribution in [0.15, 0.2) is 61.2 Å². The summed E-state index contributed by atoms with van der Waals surface area (Å²) in [6.07, 6.45) is 8.14. The van der Waals surface area contributed by atoms with Crippen LogP contribution in [0.5, 0.6) is 23.5 Å². The van der Waals surface area contributed by atoms with Gasteiger partial charge in [-0.2, -0.15) is 0 Å². The number of nitrogen functional groups attached to an aromatic ring is 2. The van der Waals surface area contributed by atoms with Gasteiger partial charge in [-0.3, -0.25) is 0 Å². The molecule has 188 valence electrons. The Kier molecular flexibility index (Phi) is 4.96. The van der Waals surface area contributed by atoms with E-state index in [4.69, 9.17) is 20.9 Å². The number of nitrogens with two attached hydrogens (primary N) is 2. The monoisotopic (exact) mass is 494 g/mol. The average Bonchev–Trinajstić information content (AvgIpc) is 3.21. The minimum absolute atomic E-state index is 0.0137. The van der Waals surface area contributed by atoms with Crippen molar-refractivity contribution in [1.82, 2.24) is 19.9 Å². The molecule has 4 N–H and O–H groups in total. The highest BCUT2D eigenvalue weighted by Gasteiger charge is 2.56. The summed E-state index contributed by atoms with van der Waals surface area (Å²) >= 11 is 0. The van der Waals surface area contributed by atoms with Crippen molar-refractivity contribution in [2.24, 2.45) is 0 Å². The molecule has 2 aliphatic rings. The molecule has 0 bridgehead atoms. The maximum Gasteiger partial charge on any atom is 0.322 e. The highest BCUT2D eigenvalue weighted by Crippen LogP contribution is 2.63. The maximum absolute atomic E-state index is 6.05. The van der Waals surface area contributed by atoms with Crippen LogP contribution in [0.3, 0.4) is 0 Å². The van der Waals surface area contributed by atoms with Crippen molar-refractivity contribution in [2.75, 3.05) is 11.5 Å². The number of hydrogen-bond acceptors (Lipinski definition) is 8. The first-order valence-electron chi connectivity index (χ1n) is 12.4. The van der Waals surface area contributed by atoms with Gasteiger partial charge in [0.25, 0.3) is 0 Å². The molecule has 2 aromatic heterocycles. The van der Waals surface area contributed by atoms with Crippen molar-refractivity contribution in [2.45, 2.75) is 56.8 Å². The molecule has 0 saturated carbocycles. The molecule has 0 saturated heterocycles. The summed E-state index contributed by atoms with van der Waals surface area (Å²) in [5.74, 6) is 1.41. The van der Waals surface area contributed by atoms with Crippen LogP contribution in [0.25, 0.3) is 0 Å². The van der Waals surface area contributed by atoms with Crippen LogP contribution in [0.4, 0.5) is 11.4 Å². The Balaban J connectivity index is 1.45. The van der Waals surface area contributed by atoms with Crippen molar-refractivity contribution in [3.63, 3.8) is 0 Å². The zero-order chi connectivity index (χ0) is 26.0. The molecule has 8 heteroatoms. The van der Waals surface area contributed by atoms with Crippen molar-refractivity contribution >= 4 is 11.4 Å². The zero-order valence-corrected chi connectivity index (χ0v) is 21.4. The number of rotatable bonds is 4. The zero-order valence-electron chi connectivity index (χ0n) is 21.4. The summed E-state index contributed by atoms with van der Waals surface area (Å²) < 4.78 is 12.1. The molecule has 0 amide bonds. The fourth-order valence-corrected chi connectivity index (χ4v) is 6.40. The number of hydrogen-bond donors (Lipinski definition) is 2. The van der Waals surface area contributed by atoms with Crippen LogP contribution in [0, 0.1) is 0 Å². The van der Waals surface area contributed by atoms with E-state index in [2.05, 4.69) is 71.9 Å². The SMILES string of the molecule is CC1(C)CC2(CC(C)(C)c3ccc(Oc4ncc(N)cn4)cc32)c2cc(Oc3ncc(N)cn3)ccc21. The predicted molar refractivity (Wildman–Crippen MR) is 142 cm³/mol. The molecule has 0 unspecified atom stereocenters. The van der Waals surface area contributed by atoms with E-state index in [1.165, 1.54) is 22.3 Å². The second-order valence-corrected chi connectivity index (χ2v) is 11.4. The molecule has 0 fully saturated rings. The third-order valence-electron chi connectivity index (χ3n) is 7.67. The molecule has 4 aromatic rings. The fourth-order valence-electron chi connectivity index (χ4n) is 6.40. The number of benzene rings is 2. The Morgan fingerprint density at radius 2 is 0.973 bits per heavy atom. The van der Waals surface area contributed by atoms with Crippen LogP contribution < -0.4 is 20.9 Å². The Hall–Kier alpha value is -4.20. The molecule has 1 spiro atoms. The summed E-state index contributed by atoms with van der Waals surface area (Å²) in [4.78, 5) is 16.8. The van der Waals surface area contributed by atoms with Gasteiger partial charge in [-0.25, -0.2) is 19.9 Å². The lowest BCUT2D eigenvalue weighted by Crippen LogP contribution is -2.27. The second kappa shape index (κ2) is 7.90. The number of aromatic nitrogens is 4. The molecule has 0 aliphatic heterocycles. The lowest BCUT2D eigenvalue weighted by Gasteiger charge is -2.30. The van der Waals surface area contributed by atoms with Crippen LogP contribution in [0.2, 0.25) is 0 Å². The van der Waals surface area contributed by atoms with Gasteiger partial charge in [0, 0.05) is 5.41 Å². The standard InChI is InChI=1S/C29H30N6O2/c1-27(2)15-29(23-9-19(5-7-21(23)27)36-25-32-11-17(30)12-33-25)16-28(3,4)22-8-6-20(10-24(22)29)37-26-34-13-18(31)14-35-26/h5-14H,15-16,30-31H2,1-4H3. The Morgan fingerprint density at radius 3 is 1.35 bits per heavy atom. The molecular formula is C29H30N6O2. The molecule has 2 heterocycles. The highest BCUT2D eigenvalue weighted by atomic mass is 16.5.